The van der Waals surface area contributed by atoms with Crippen LogP contribution in [0, 0.1) is 11.8 Å². The van der Waals surface area contributed by atoms with Crippen LogP contribution >= 0.6 is 0 Å². The number of benzene rings is 1. The molecule has 1 amide bonds. The lowest BCUT2D eigenvalue weighted by atomic mass is 10.1. The predicted octanol–water partition coefficient (Wildman–Crippen LogP) is 1.34. The van der Waals surface area contributed by atoms with Gasteiger partial charge in [-0.3, -0.25) is 4.79 Å². The van der Waals surface area contributed by atoms with Crippen molar-refractivity contribution in [1.82, 2.24) is 10.5 Å². The SMILES string of the molecule is O=C(NCc1ccno1)c1cccc(C#CCCO)c1. The van der Waals surface area contributed by atoms with Crippen LogP contribution < -0.4 is 5.32 Å². The van der Waals surface area contributed by atoms with Crippen LogP contribution in [0.2, 0.25) is 0 Å². The standard InChI is InChI=1S/C15H14N2O3/c18-9-2-1-4-12-5-3-6-13(10-12)15(19)16-11-14-7-8-17-20-14/h3,5-8,10,18H,2,9,11H2,(H,16,19). The summed E-state index contributed by atoms with van der Waals surface area (Å²) in [5.41, 5.74) is 1.27. The zero-order valence-electron chi connectivity index (χ0n) is 10.8. The third-order valence-electron chi connectivity index (χ3n) is 2.51. The molecule has 0 radical (unpaired) electrons. The Balaban J connectivity index is 1.99. The lowest BCUT2D eigenvalue weighted by molar-refractivity contribution is 0.0947. The first-order valence-corrected chi connectivity index (χ1v) is 6.17. The molecule has 102 valence electrons. The number of nitrogens with one attached hydrogen (secondary N) is 1. The first-order valence-electron chi connectivity index (χ1n) is 6.17. The summed E-state index contributed by atoms with van der Waals surface area (Å²) in [7, 11) is 0. The second kappa shape index (κ2) is 7.12. The molecule has 0 fully saturated rings. The fourth-order valence-electron chi connectivity index (χ4n) is 1.56. The second-order valence-electron chi connectivity index (χ2n) is 4.02. The van der Waals surface area contributed by atoms with Gasteiger partial charge in [0.25, 0.3) is 5.91 Å². The van der Waals surface area contributed by atoms with Gasteiger partial charge in [0.1, 0.15) is 0 Å². The van der Waals surface area contributed by atoms with Gasteiger partial charge in [-0.2, -0.15) is 0 Å². The minimum atomic E-state index is -0.202. The molecular formula is C15H14N2O3. The first-order chi connectivity index (χ1) is 9.79. The van der Waals surface area contributed by atoms with Crippen LogP contribution in [-0.2, 0) is 6.54 Å². The maximum Gasteiger partial charge on any atom is 0.251 e. The number of rotatable bonds is 4. The van der Waals surface area contributed by atoms with E-state index < -0.39 is 0 Å². The molecule has 5 heteroatoms. The molecule has 1 aromatic heterocycles. The number of amides is 1. The quantitative estimate of drug-likeness (QED) is 0.822. The largest absolute Gasteiger partial charge is 0.395 e. The molecule has 0 atom stereocenters. The molecule has 0 bridgehead atoms. The molecule has 0 spiro atoms. The van der Waals surface area contributed by atoms with Gasteiger partial charge in [0.15, 0.2) is 5.76 Å². The number of hydrogen-bond donors (Lipinski definition) is 2. The van der Waals surface area contributed by atoms with Crippen LogP contribution in [0.3, 0.4) is 0 Å². The zero-order valence-corrected chi connectivity index (χ0v) is 10.8. The van der Waals surface area contributed by atoms with Crippen molar-refractivity contribution in [3.8, 4) is 11.8 Å². The average molecular weight is 270 g/mol. The topological polar surface area (TPSA) is 75.4 Å². The van der Waals surface area contributed by atoms with Gasteiger partial charge in [0.2, 0.25) is 0 Å². The Kier molecular flexibility index (Phi) is 4.93. The highest BCUT2D eigenvalue weighted by molar-refractivity contribution is 5.94. The normalized spacial score (nSPS) is 9.65. The molecule has 0 aliphatic rings. The van der Waals surface area contributed by atoms with Crippen LogP contribution in [0.5, 0.6) is 0 Å². The maximum absolute atomic E-state index is 12.0. The van der Waals surface area contributed by atoms with E-state index in [9.17, 15) is 4.79 Å². The third-order valence-corrected chi connectivity index (χ3v) is 2.51. The van der Waals surface area contributed by atoms with E-state index >= 15 is 0 Å². The number of aromatic nitrogens is 1. The molecule has 2 aromatic rings. The summed E-state index contributed by atoms with van der Waals surface area (Å²) in [4.78, 5) is 12.0. The number of carbonyl (C=O) groups is 1. The zero-order chi connectivity index (χ0) is 14.2. The third kappa shape index (κ3) is 3.97. The van der Waals surface area contributed by atoms with Gasteiger partial charge in [-0.1, -0.05) is 23.1 Å². The van der Waals surface area contributed by atoms with Crippen molar-refractivity contribution < 1.29 is 14.4 Å². The van der Waals surface area contributed by atoms with Crippen molar-refractivity contribution in [3.63, 3.8) is 0 Å². The van der Waals surface area contributed by atoms with Crippen molar-refractivity contribution in [2.75, 3.05) is 6.61 Å². The summed E-state index contributed by atoms with van der Waals surface area (Å²) < 4.78 is 4.90. The second-order valence-corrected chi connectivity index (χ2v) is 4.02. The number of hydrogen-bond acceptors (Lipinski definition) is 4. The summed E-state index contributed by atoms with van der Waals surface area (Å²) in [5, 5.41) is 15.0. The highest BCUT2D eigenvalue weighted by atomic mass is 16.5. The van der Waals surface area contributed by atoms with Crippen LogP contribution in [0.25, 0.3) is 0 Å². The summed E-state index contributed by atoms with van der Waals surface area (Å²) >= 11 is 0. The first kappa shape index (κ1) is 13.8. The molecule has 20 heavy (non-hydrogen) atoms. The Hall–Kier alpha value is -2.58. The van der Waals surface area contributed by atoms with Crippen molar-refractivity contribution in [3.05, 3.63) is 53.4 Å². The molecule has 1 heterocycles. The van der Waals surface area contributed by atoms with Crippen LogP contribution in [0.1, 0.15) is 28.1 Å². The molecule has 2 rings (SSSR count). The molecular weight excluding hydrogens is 256 g/mol. The van der Waals surface area contributed by atoms with E-state index in [1.165, 1.54) is 6.20 Å². The van der Waals surface area contributed by atoms with Gasteiger partial charge in [-0.25, -0.2) is 0 Å². The molecule has 5 nitrogen and oxygen atoms in total. The molecule has 0 saturated carbocycles. The Labute approximate surface area is 116 Å². The smallest absolute Gasteiger partial charge is 0.251 e. The molecule has 2 N–H and O–H groups in total. The lowest BCUT2D eigenvalue weighted by Crippen LogP contribution is -2.22. The molecule has 1 aromatic carbocycles. The average Bonchev–Trinajstić information content (AvgIpc) is 2.99. The lowest BCUT2D eigenvalue weighted by Gasteiger charge is -2.03. The Morgan fingerprint density at radius 2 is 2.30 bits per heavy atom. The van der Waals surface area contributed by atoms with E-state index in [1.807, 2.05) is 6.07 Å². The Morgan fingerprint density at radius 1 is 1.40 bits per heavy atom. The Bertz CT molecular complexity index is 624. The van der Waals surface area contributed by atoms with E-state index in [1.54, 1.807) is 24.3 Å². The summed E-state index contributed by atoms with van der Waals surface area (Å²) in [6.07, 6.45) is 1.95. The minimum Gasteiger partial charge on any atom is -0.395 e. The van der Waals surface area contributed by atoms with E-state index in [-0.39, 0.29) is 12.5 Å². The molecule has 0 aliphatic carbocycles. The molecule has 0 aliphatic heterocycles. The van der Waals surface area contributed by atoms with Gasteiger partial charge < -0.3 is 14.9 Å². The number of nitrogens with zero attached hydrogens (tertiary/aromatic N) is 1. The van der Waals surface area contributed by atoms with Gasteiger partial charge in [0, 0.05) is 23.6 Å². The van der Waals surface area contributed by atoms with Crippen molar-refractivity contribution in [2.24, 2.45) is 0 Å². The maximum atomic E-state index is 12.0. The van der Waals surface area contributed by atoms with Crippen molar-refractivity contribution in [1.29, 1.82) is 0 Å². The van der Waals surface area contributed by atoms with E-state index in [4.69, 9.17) is 9.63 Å². The van der Waals surface area contributed by atoms with Crippen molar-refractivity contribution >= 4 is 5.91 Å². The van der Waals surface area contributed by atoms with Gasteiger partial charge >= 0.3 is 0 Å². The van der Waals surface area contributed by atoms with E-state index in [2.05, 4.69) is 22.3 Å². The summed E-state index contributed by atoms with van der Waals surface area (Å²) in [6.45, 7) is 0.323. The molecule has 0 unspecified atom stereocenters. The minimum absolute atomic E-state index is 0.0321. The number of aliphatic hydroxyl groups is 1. The number of aliphatic hydroxyl groups excluding tert-OH is 1. The fourth-order valence-corrected chi connectivity index (χ4v) is 1.56. The van der Waals surface area contributed by atoms with Crippen molar-refractivity contribution in [2.45, 2.75) is 13.0 Å². The van der Waals surface area contributed by atoms with Crippen LogP contribution in [-0.4, -0.2) is 22.8 Å². The van der Waals surface area contributed by atoms with E-state index in [0.717, 1.165) is 5.56 Å². The number of carbonyl (C=O) groups excluding carboxylic acids is 1. The highest BCUT2D eigenvalue weighted by Crippen LogP contribution is 2.05. The Morgan fingerprint density at radius 3 is 3.05 bits per heavy atom. The van der Waals surface area contributed by atoms with Gasteiger partial charge in [0.05, 0.1) is 19.3 Å². The van der Waals surface area contributed by atoms with Crippen LogP contribution in [0.15, 0.2) is 41.1 Å². The molecule has 0 saturated heterocycles. The highest BCUT2D eigenvalue weighted by Gasteiger charge is 2.06. The van der Waals surface area contributed by atoms with Gasteiger partial charge in [-0.15, -0.1) is 0 Å². The van der Waals surface area contributed by atoms with Crippen LogP contribution in [0.4, 0.5) is 0 Å². The summed E-state index contributed by atoms with van der Waals surface area (Å²) in [5.74, 6) is 6.10. The monoisotopic (exact) mass is 270 g/mol. The fraction of sp³-hybridized carbons (Fsp3) is 0.200. The van der Waals surface area contributed by atoms with E-state index in [0.29, 0.717) is 24.3 Å². The van der Waals surface area contributed by atoms with Gasteiger partial charge in [-0.05, 0) is 18.2 Å². The predicted molar refractivity (Wildman–Crippen MR) is 72.7 cm³/mol. The summed E-state index contributed by atoms with van der Waals surface area (Å²) in [6, 6.07) is 8.70.